The first-order valence-electron chi connectivity index (χ1n) is 11.9. The van der Waals surface area contributed by atoms with Crippen molar-refractivity contribution in [1.82, 2.24) is 24.5 Å². The topological polar surface area (TPSA) is 81.3 Å². The zero-order valence-electron chi connectivity index (χ0n) is 21.0. The molecule has 0 fully saturated rings. The molecular weight excluding hydrogens is 489 g/mol. The number of fused-ring (bicyclic) bond motifs is 1. The van der Waals surface area contributed by atoms with Crippen molar-refractivity contribution in [3.63, 3.8) is 0 Å². The van der Waals surface area contributed by atoms with Crippen LogP contribution in [0, 0.1) is 33.5 Å². The lowest BCUT2D eigenvalue weighted by Crippen LogP contribution is -2.27. The first-order chi connectivity index (χ1) is 17.7. The number of rotatable bonds is 6. The van der Waals surface area contributed by atoms with Crippen molar-refractivity contribution in [1.29, 1.82) is 0 Å². The van der Waals surface area contributed by atoms with E-state index in [1.165, 1.54) is 33.4 Å². The second kappa shape index (κ2) is 9.74. The van der Waals surface area contributed by atoms with Crippen LogP contribution in [0.3, 0.4) is 0 Å². The minimum atomic E-state index is -0.327. The highest BCUT2D eigenvalue weighted by atomic mass is 32.1. The van der Waals surface area contributed by atoms with Crippen molar-refractivity contribution < 1.29 is 9.18 Å². The molecule has 0 aliphatic carbocycles. The molecule has 0 spiro atoms. The van der Waals surface area contributed by atoms with Gasteiger partial charge >= 0.3 is 0 Å². The number of aryl methyl sites for hydroxylation is 4. The summed E-state index contributed by atoms with van der Waals surface area (Å²) in [6.07, 6.45) is 0.0152. The van der Waals surface area contributed by atoms with Gasteiger partial charge in [-0.15, -0.1) is 11.3 Å². The number of aromatic nitrogens is 4. The van der Waals surface area contributed by atoms with Crippen molar-refractivity contribution in [2.45, 2.75) is 40.7 Å². The van der Waals surface area contributed by atoms with Gasteiger partial charge in [0.1, 0.15) is 11.5 Å². The van der Waals surface area contributed by atoms with Crippen LogP contribution in [-0.2, 0) is 17.8 Å². The number of nitrogens with one attached hydrogen (secondary N) is 1. The maximum absolute atomic E-state index is 13.7. The number of hydrogen-bond acceptors (Lipinski definition) is 5. The number of thiazole rings is 1. The van der Waals surface area contributed by atoms with E-state index in [9.17, 15) is 14.0 Å². The number of benzene rings is 2. The summed E-state index contributed by atoms with van der Waals surface area (Å²) >= 11 is 1.32. The maximum atomic E-state index is 13.7. The van der Waals surface area contributed by atoms with Crippen LogP contribution in [0.5, 0.6) is 0 Å². The monoisotopic (exact) mass is 515 g/mol. The van der Waals surface area contributed by atoms with Crippen molar-refractivity contribution in [2.75, 3.05) is 0 Å². The molecule has 0 saturated carbocycles. The average Bonchev–Trinajstić information content (AvgIpc) is 3.42. The Morgan fingerprint density at radius 1 is 1.05 bits per heavy atom. The van der Waals surface area contributed by atoms with Crippen molar-refractivity contribution in [2.24, 2.45) is 0 Å². The molecule has 0 atom stereocenters. The third kappa shape index (κ3) is 4.82. The number of halogens is 1. The van der Waals surface area contributed by atoms with Gasteiger partial charge in [0.15, 0.2) is 4.96 Å². The maximum Gasteiger partial charge on any atom is 0.268 e. The van der Waals surface area contributed by atoms with Crippen LogP contribution in [0.15, 0.2) is 58.7 Å². The number of carbonyl (C=O) groups is 1. The Hall–Kier alpha value is -4.11. The van der Waals surface area contributed by atoms with Gasteiger partial charge in [0, 0.05) is 23.3 Å². The summed E-state index contributed by atoms with van der Waals surface area (Å²) in [5.41, 5.74) is 6.74. The molecule has 0 unspecified atom stereocenters. The molecule has 1 amide bonds. The van der Waals surface area contributed by atoms with E-state index in [0.717, 1.165) is 22.5 Å². The summed E-state index contributed by atoms with van der Waals surface area (Å²) in [5.74, 6) is -0.570. The first-order valence-corrected chi connectivity index (χ1v) is 12.7. The second-order valence-electron chi connectivity index (χ2n) is 9.18. The van der Waals surface area contributed by atoms with Gasteiger partial charge in [0.05, 0.1) is 23.4 Å². The van der Waals surface area contributed by atoms with Crippen molar-refractivity contribution in [3.8, 4) is 16.9 Å². The van der Waals surface area contributed by atoms with Crippen LogP contribution < -0.4 is 10.9 Å². The van der Waals surface area contributed by atoms with E-state index in [0.29, 0.717) is 27.6 Å². The van der Waals surface area contributed by atoms with E-state index in [2.05, 4.69) is 16.4 Å². The fourth-order valence-electron chi connectivity index (χ4n) is 4.44. The summed E-state index contributed by atoms with van der Waals surface area (Å²) in [7, 11) is 0. The molecule has 0 aliphatic rings. The van der Waals surface area contributed by atoms with Gasteiger partial charge in [-0.05, 0) is 63.1 Å². The summed E-state index contributed by atoms with van der Waals surface area (Å²) in [6, 6.07) is 14.0. The quantitative estimate of drug-likeness (QED) is 0.351. The average molecular weight is 516 g/mol. The Bertz CT molecular complexity index is 1700. The summed E-state index contributed by atoms with van der Waals surface area (Å²) in [5, 5.41) is 9.38. The van der Waals surface area contributed by atoms with Crippen LogP contribution in [0.2, 0.25) is 0 Å². The Morgan fingerprint density at radius 2 is 1.81 bits per heavy atom. The molecule has 7 nitrogen and oxygen atoms in total. The van der Waals surface area contributed by atoms with Crippen LogP contribution in [-0.4, -0.2) is 25.1 Å². The molecule has 0 bridgehead atoms. The Balaban J connectivity index is 1.46. The molecule has 2 aromatic carbocycles. The zero-order valence-corrected chi connectivity index (χ0v) is 21.8. The zero-order chi connectivity index (χ0) is 26.3. The normalized spacial score (nSPS) is 11.3. The standard InChI is InChI=1S/C28H26FN5O2S/c1-16-5-10-24(17(2)11-16)34-18(3)12-23(32-34)26-19(4)31-28-33(27(26)36)22(15-37-28)13-25(35)30-14-20-6-8-21(29)9-7-20/h5-12,15H,13-14H2,1-4H3,(H,30,35). The summed E-state index contributed by atoms with van der Waals surface area (Å²) in [6.45, 7) is 8.11. The smallest absolute Gasteiger partial charge is 0.268 e. The van der Waals surface area contributed by atoms with E-state index in [1.807, 2.05) is 43.7 Å². The van der Waals surface area contributed by atoms with Crippen molar-refractivity contribution >= 4 is 22.2 Å². The van der Waals surface area contributed by atoms with Gasteiger partial charge < -0.3 is 5.32 Å². The van der Waals surface area contributed by atoms with Gasteiger partial charge in [0.2, 0.25) is 5.91 Å². The van der Waals surface area contributed by atoms with Gasteiger partial charge in [-0.2, -0.15) is 5.10 Å². The van der Waals surface area contributed by atoms with E-state index >= 15 is 0 Å². The SMILES string of the molecule is Cc1ccc(-n2nc(-c3c(C)nc4scc(CC(=O)NCc5ccc(F)cc5)n4c3=O)cc2C)c(C)c1. The van der Waals surface area contributed by atoms with E-state index < -0.39 is 0 Å². The van der Waals surface area contributed by atoms with Gasteiger partial charge in [-0.25, -0.2) is 14.1 Å². The lowest BCUT2D eigenvalue weighted by molar-refractivity contribution is -0.120. The second-order valence-corrected chi connectivity index (χ2v) is 10.0. The molecule has 5 aromatic rings. The number of amides is 1. The highest BCUT2D eigenvalue weighted by molar-refractivity contribution is 7.15. The molecule has 0 saturated heterocycles. The predicted octanol–water partition coefficient (Wildman–Crippen LogP) is 4.84. The molecule has 5 rings (SSSR count). The molecule has 37 heavy (non-hydrogen) atoms. The molecule has 0 radical (unpaired) electrons. The third-order valence-electron chi connectivity index (χ3n) is 6.29. The minimum Gasteiger partial charge on any atom is -0.352 e. The minimum absolute atomic E-state index is 0.0152. The van der Waals surface area contributed by atoms with E-state index in [4.69, 9.17) is 5.10 Å². The third-order valence-corrected chi connectivity index (χ3v) is 7.16. The first kappa shape index (κ1) is 24.6. The lowest BCUT2D eigenvalue weighted by atomic mass is 10.1. The molecule has 3 heterocycles. The lowest BCUT2D eigenvalue weighted by Gasteiger charge is -2.09. The fourth-order valence-corrected chi connectivity index (χ4v) is 5.36. The molecule has 188 valence electrons. The van der Waals surface area contributed by atoms with Crippen LogP contribution >= 0.6 is 11.3 Å². The number of carbonyl (C=O) groups excluding carboxylic acids is 1. The predicted molar refractivity (Wildman–Crippen MR) is 143 cm³/mol. The Labute approximate surface area is 217 Å². The highest BCUT2D eigenvalue weighted by Crippen LogP contribution is 2.25. The molecule has 3 aromatic heterocycles. The Kier molecular flexibility index (Phi) is 6.47. The molecule has 9 heteroatoms. The number of hydrogen-bond donors (Lipinski definition) is 1. The van der Waals surface area contributed by atoms with Gasteiger partial charge in [0.25, 0.3) is 5.56 Å². The van der Waals surface area contributed by atoms with Crippen LogP contribution in [0.1, 0.15) is 33.8 Å². The highest BCUT2D eigenvalue weighted by Gasteiger charge is 2.20. The summed E-state index contributed by atoms with van der Waals surface area (Å²) in [4.78, 5) is 31.5. The van der Waals surface area contributed by atoms with E-state index in [1.54, 1.807) is 24.4 Å². The van der Waals surface area contributed by atoms with Gasteiger partial charge in [-0.1, -0.05) is 29.8 Å². The van der Waals surface area contributed by atoms with Crippen LogP contribution in [0.4, 0.5) is 4.39 Å². The van der Waals surface area contributed by atoms with Gasteiger partial charge in [-0.3, -0.25) is 14.0 Å². The molecular formula is C28H26FN5O2S. The van der Waals surface area contributed by atoms with Crippen molar-refractivity contribution in [3.05, 3.63) is 104 Å². The number of nitrogens with zero attached hydrogens (tertiary/aromatic N) is 4. The largest absolute Gasteiger partial charge is 0.352 e. The van der Waals surface area contributed by atoms with Crippen LogP contribution in [0.25, 0.3) is 21.9 Å². The molecule has 0 aliphatic heterocycles. The fraction of sp³-hybridized carbons (Fsp3) is 0.214. The summed E-state index contributed by atoms with van der Waals surface area (Å²) < 4.78 is 16.5. The van der Waals surface area contributed by atoms with E-state index in [-0.39, 0.29) is 30.2 Å². The Morgan fingerprint density at radius 3 is 2.54 bits per heavy atom. The molecule has 1 N–H and O–H groups in total.